The molecule has 0 saturated heterocycles. The Morgan fingerprint density at radius 1 is 1.10 bits per heavy atom. The number of carboxylic acids is 1. The van der Waals surface area contributed by atoms with Gasteiger partial charge in [-0.1, -0.05) is 13.3 Å². The van der Waals surface area contributed by atoms with Crippen molar-refractivity contribution in [2.24, 2.45) is 17.8 Å². The molecule has 114 valence electrons. The Morgan fingerprint density at radius 2 is 1.75 bits per heavy atom. The first-order valence-corrected chi connectivity index (χ1v) is 7.26. The molecule has 1 rings (SSSR count). The van der Waals surface area contributed by atoms with Gasteiger partial charge in [0.05, 0.1) is 11.8 Å². The van der Waals surface area contributed by atoms with Crippen LogP contribution in [0.25, 0.3) is 0 Å². The average molecular weight is 284 g/mol. The topological polar surface area (TPSA) is 95.5 Å². The summed E-state index contributed by atoms with van der Waals surface area (Å²) < 4.78 is 0. The minimum atomic E-state index is -0.898. The molecule has 0 aromatic carbocycles. The average Bonchev–Trinajstić information content (AvgIpc) is 2.83. The molecular formula is C14H24N2O4. The number of rotatable bonds is 7. The number of amides is 2. The van der Waals surface area contributed by atoms with E-state index in [1.807, 2.05) is 13.8 Å². The zero-order chi connectivity index (χ0) is 15.1. The highest BCUT2D eigenvalue weighted by Crippen LogP contribution is 2.38. The summed E-state index contributed by atoms with van der Waals surface area (Å²) in [5.74, 6) is -2.01. The van der Waals surface area contributed by atoms with Gasteiger partial charge >= 0.3 is 5.97 Å². The largest absolute Gasteiger partial charge is 0.481 e. The summed E-state index contributed by atoms with van der Waals surface area (Å²) >= 11 is 0. The second-order valence-corrected chi connectivity index (χ2v) is 5.29. The van der Waals surface area contributed by atoms with E-state index in [1.165, 1.54) is 0 Å². The van der Waals surface area contributed by atoms with Crippen LogP contribution in [-0.2, 0) is 14.4 Å². The molecule has 0 bridgehead atoms. The lowest BCUT2D eigenvalue weighted by atomic mass is 9.95. The van der Waals surface area contributed by atoms with E-state index in [0.29, 0.717) is 25.3 Å². The van der Waals surface area contributed by atoms with Gasteiger partial charge in [0.25, 0.3) is 0 Å². The quantitative estimate of drug-likeness (QED) is 0.643. The predicted octanol–water partition coefficient (Wildman–Crippen LogP) is 0.766. The smallest absolute Gasteiger partial charge is 0.307 e. The normalized spacial score (nSPS) is 25.2. The van der Waals surface area contributed by atoms with E-state index < -0.39 is 17.8 Å². The van der Waals surface area contributed by atoms with E-state index in [2.05, 4.69) is 10.6 Å². The predicted molar refractivity (Wildman–Crippen MR) is 73.9 cm³/mol. The third-order valence-corrected chi connectivity index (χ3v) is 3.92. The number of carbonyl (C=O) groups excluding carboxylic acids is 2. The van der Waals surface area contributed by atoms with Crippen LogP contribution in [0, 0.1) is 17.8 Å². The second kappa shape index (κ2) is 7.87. The maximum absolute atomic E-state index is 12.1. The van der Waals surface area contributed by atoms with Gasteiger partial charge in [-0.15, -0.1) is 0 Å². The van der Waals surface area contributed by atoms with Gasteiger partial charge in [-0.25, -0.2) is 0 Å². The van der Waals surface area contributed by atoms with E-state index in [-0.39, 0.29) is 24.8 Å². The van der Waals surface area contributed by atoms with Crippen LogP contribution < -0.4 is 10.6 Å². The van der Waals surface area contributed by atoms with Gasteiger partial charge in [-0.3, -0.25) is 14.4 Å². The number of carboxylic acid groups (broad SMARTS) is 1. The van der Waals surface area contributed by atoms with Crippen molar-refractivity contribution in [1.82, 2.24) is 10.6 Å². The van der Waals surface area contributed by atoms with E-state index in [0.717, 1.165) is 6.42 Å². The zero-order valence-corrected chi connectivity index (χ0v) is 12.1. The molecular weight excluding hydrogens is 260 g/mol. The third-order valence-electron chi connectivity index (χ3n) is 3.92. The Labute approximate surface area is 119 Å². The minimum absolute atomic E-state index is 0.111. The molecule has 0 aromatic rings. The molecule has 0 spiro atoms. The van der Waals surface area contributed by atoms with Crippen molar-refractivity contribution in [3.8, 4) is 0 Å². The summed E-state index contributed by atoms with van der Waals surface area (Å²) in [5.41, 5.74) is 0. The molecule has 6 nitrogen and oxygen atoms in total. The monoisotopic (exact) mass is 284 g/mol. The summed E-state index contributed by atoms with van der Waals surface area (Å²) in [7, 11) is 0. The third kappa shape index (κ3) is 4.51. The lowest BCUT2D eigenvalue weighted by Gasteiger charge is -2.15. The van der Waals surface area contributed by atoms with Crippen LogP contribution >= 0.6 is 0 Å². The van der Waals surface area contributed by atoms with Crippen molar-refractivity contribution >= 4 is 17.8 Å². The van der Waals surface area contributed by atoms with Gasteiger partial charge in [-0.05, 0) is 25.7 Å². The van der Waals surface area contributed by atoms with Crippen molar-refractivity contribution < 1.29 is 19.5 Å². The Kier molecular flexibility index (Phi) is 6.48. The first-order valence-electron chi connectivity index (χ1n) is 7.26. The Bertz CT molecular complexity index is 370. The van der Waals surface area contributed by atoms with E-state index >= 15 is 0 Å². The van der Waals surface area contributed by atoms with Gasteiger partial charge in [0.15, 0.2) is 0 Å². The van der Waals surface area contributed by atoms with Gasteiger partial charge in [0.2, 0.25) is 11.8 Å². The van der Waals surface area contributed by atoms with E-state index in [4.69, 9.17) is 0 Å². The highest BCUT2D eigenvalue weighted by Gasteiger charge is 2.41. The highest BCUT2D eigenvalue weighted by atomic mass is 16.4. The van der Waals surface area contributed by atoms with E-state index in [1.54, 1.807) is 0 Å². The Morgan fingerprint density at radius 3 is 2.30 bits per heavy atom. The number of hydrogen-bond donors (Lipinski definition) is 3. The van der Waals surface area contributed by atoms with Gasteiger partial charge < -0.3 is 15.7 Å². The SMILES string of the molecule is CCNC(=O)CCNC(=O)[C@H]1CC(CC)C[C@H]1C(=O)O. The second-order valence-electron chi connectivity index (χ2n) is 5.29. The van der Waals surface area contributed by atoms with Crippen molar-refractivity contribution in [3.63, 3.8) is 0 Å². The molecule has 1 fully saturated rings. The number of carbonyl (C=O) groups is 3. The molecule has 1 saturated carbocycles. The van der Waals surface area contributed by atoms with Crippen molar-refractivity contribution in [3.05, 3.63) is 0 Å². The minimum Gasteiger partial charge on any atom is -0.481 e. The fourth-order valence-electron chi connectivity index (χ4n) is 2.75. The molecule has 20 heavy (non-hydrogen) atoms. The summed E-state index contributed by atoms with van der Waals surface area (Å²) in [6, 6.07) is 0. The molecule has 1 aliphatic carbocycles. The molecule has 0 aliphatic heterocycles. The molecule has 1 unspecified atom stereocenters. The van der Waals surface area contributed by atoms with Crippen LogP contribution in [0.15, 0.2) is 0 Å². The van der Waals surface area contributed by atoms with Crippen LogP contribution in [0.3, 0.4) is 0 Å². The molecule has 3 N–H and O–H groups in total. The molecule has 0 heterocycles. The zero-order valence-electron chi connectivity index (χ0n) is 12.1. The van der Waals surface area contributed by atoms with Crippen LogP contribution in [0.5, 0.6) is 0 Å². The maximum atomic E-state index is 12.1. The lowest BCUT2D eigenvalue weighted by molar-refractivity contribution is -0.146. The molecule has 3 atom stereocenters. The summed E-state index contributed by atoms with van der Waals surface area (Å²) in [6.07, 6.45) is 2.31. The van der Waals surface area contributed by atoms with Crippen LogP contribution in [0.4, 0.5) is 0 Å². The first kappa shape index (κ1) is 16.5. The number of hydrogen-bond acceptors (Lipinski definition) is 3. The summed E-state index contributed by atoms with van der Waals surface area (Å²) in [4.78, 5) is 34.5. The molecule has 0 aromatic heterocycles. The standard InChI is InChI=1S/C14H24N2O4/c1-3-9-7-10(11(8-9)14(19)20)13(18)16-6-5-12(17)15-4-2/h9-11H,3-8H2,1-2H3,(H,15,17)(H,16,18)(H,19,20)/t9?,10-,11+/m0/s1. The molecule has 2 amide bonds. The molecule has 6 heteroatoms. The Balaban J connectivity index is 2.45. The fraction of sp³-hybridized carbons (Fsp3) is 0.786. The van der Waals surface area contributed by atoms with Crippen LogP contribution in [0.1, 0.15) is 39.5 Å². The maximum Gasteiger partial charge on any atom is 0.307 e. The van der Waals surface area contributed by atoms with Crippen molar-refractivity contribution in [2.75, 3.05) is 13.1 Å². The highest BCUT2D eigenvalue weighted by molar-refractivity contribution is 5.85. The van der Waals surface area contributed by atoms with Gasteiger partial charge in [0, 0.05) is 19.5 Å². The fourth-order valence-corrected chi connectivity index (χ4v) is 2.75. The van der Waals surface area contributed by atoms with Gasteiger partial charge in [0.1, 0.15) is 0 Å². The summed E-state index contributed by atoms with van der Waals surface area (Å²) in [5, 5.41) is 14.5. The molecule has 0 radical (unpaired) electrons. The lowest BCUT2D eigenvalue weighted by Crippen LogP contribution is -2.37. The van der Waals surface area contributed by atoms with Crippen LogP contribution in [0.2, 0.25) is 0 Å². The number of aliphatic carboxylic acids is 1. The Hall–Kier alpha value is -1.59. The van der Waals surface area contributed by atoms with Crippen molar-refractivity contribution in [2.45, 2.75) is 39.5 Å². The summed E-state index contributed by atoms with van der Waals surface area (Å²) in [6.45, 7) is 4.66. The van der Waals surface area contributed by atoms with E-state index in [9.17, 15) is 19.5 Å². The van der Waals surface area contributed by atoms with Gasteiger partial charge in [-0.2, -0.15) is 0 Å². The first-order chi connectivity index (χ1) is 9.49. The number of nitrogens with one attached hydrogen (secondary N) is 2. The van der Waals surface area contributed by atoms with Crippen molar-refractivity contribution in [1.29, 1.82) is 0 Å². The molecule has 1 aliphatic rings. The van der Waals surface area contributed by atoms with Crippen LogP contribution in [-0.4, -0.2) is 36.0 Å².